The van der Waals surface area contributed by atoms with Gasteiger partial charge in [-0.15, -0.1) is 11.3 Å². The maximum Gasteiger partial charge on any atom is 0.267 e. The zero-order valence-electron chi connectivity index (χ0n) is 14.4. The first-order chi connectivity index (χ1) is 12.1. The lowest BCUT2D eigenvalue weighted by atomic mass is 10.1. The highest BCUT2D eigenvalue weighted by atomic mass is 32.1. The number of carbonyl (C=O) groups excluding carboxylic acids is 2. The van der Waals surface area contributed by atoms with Crippen molar-refractivity contribution >= 4 is 29.2 Å². The van der Waals surface area contributed by atoms with Crippen LogP contribution in [-0.4, -0.2) is 32.1 Å². The summed E-state index contributed by atoms with van der Waals surface area (Å²) < 4.78 is 4.97. The van der Waals surface area contributed by atoms with E-state index in [4.69, 9.17) is 4.74 Å². The number of aryl methyl sites for hydroxylation is 1. The summed E-state index contributed by atoms with van der Waals surface area (Å²) in [6, 6.07) is 11.0. The van der Waals surface area contributed by atoms with Gasteiger partial charge in [-0.2, -0.15) is 0 Å². The van der Waals surface area contributed by atoms with Gasteiger partial charge in [-0.1, -0.05) is 23.8 Å². The lowest BCUT2D eigenvalue weighted by Crippen LogP contribution is -2.35. The number of hydrogen-bond acceptors (Lipinski definition) is 4. The number of amides is 2. The van der Waals surface area contributed by atoms with E-state index in [1.54, 1.807) is 25.3 Å². The van der Waals surface area contributed by atoms with Gasteiger partial charge in [0.1, 0.15) is 5.70 Å². The van der Waals surface area contributed by atoms with Crippen LogP contribution in [0.5, 0.6) is 0 Å². The van der Waals surface area contributed by atoms with Gasteiger partial charge in [0.2, 0.25) is 0 Å². The van der Waals surface area contributed by atoms with Crippen LogP contribution in [0, 0.1) is 6.92 Å². The summed E-state index contributed by atoms with van der Waals surface area (Å²) in [4.78, 5) is 25.7. The van der Waals surface area contributed by atoms with Crippen molar-refractivity contribution in [3.05, 3.63) is 63.5 Å². The second-order valence-corrected chi connectivity index (χ2v) is 6.48. The molecule has 0 atom stereocenters. The molecule has 1 aromatic heterocycles. The Balaban J connectivity index is 2.10. The molecule has 0 aliphatic rings. The van der Waals surface area contributed by atoms with Crippen molar-refractivity contribution in [2.24, 2.45) is 0 Å². The van der Waals surface area contributed by atoms with Gasteiger partial charge in [-0.3, -0.25) is 9.59 Å². The predicted octanol–water partition coefficient (Wildman–Crippen LogP) is 2.98. The monoisotopic (exact) mass is 358 g/mol. The quantitative estimate of drug-likeness (QED) is 0.563. The van der Waals surface area contributed by atoms with Gasteiger partial charge in [0.25, 0.3) is 11.8 Å². The van der Waals surface area contributed by atoms with Gasteiger partial charge < -0.3 is 15.4 Å². The minimum Gasteiger partial charge on any atom is -0.385 e. The molecule has 6 heteroatoms. The Morgan fingerprint density at radius 2 is 1.96 bits per heavy atom. The summed E-state index contributed by atoms with van der Waals surface area (Å²) >= 11 is 1.50. The molecule has 0 saturated carbocycles. The fourth-order valence-electron chi connectivity index (χ4n) is 2.09. The van der Waals surface area contributed by atoms with Gasteiger partial charge in [0.05, 0.1) is 0 Å². The van der Waals surface area contributed by atoms with Crippen molar-refractivity contribution in [3.63, 3.8) is 0 Å². The molecule has 0 spiro atoms. The van der Waals surface area contributed by atoms with Gasteiger partial charge in [-0.25, -0.2) is 0 Å². The van der Waals surface area contributed by atoms with Gasteiger partial charge >= 0.3 is 0 Å². The third-order valence-corrected chi connectivity index (χ3v) is 4.27. The molecule has 0 unspecified atom stereocenters. The molecule has 2 rings (SSSR count). The van der Waals surface area contributed by atoms with E-state index < -0.39 is 0 Å². The standard InChI is InChI=1S/C19H22N2O3S/c1-14-6-8-15(9-7-14)18(22)21-17(13-16-5-3-12-25-16)19(23)20-10-4-11-24-2/h3,5-9,12-13H,4,10-11H2,1-2H3,(H,20,23)(H,21,22)/b17-13-. The van der Waals surface area contributed by atoms with Crippen LogP contribution in [0.25, 0.3) is 6.08 Å². The number of rotatable bonds is 8. The Labute approximate surface area is 151 Å². The number of carbonyl (C=O) groups is 2. The summed E-state index contributed by atoms with van der Waals surface area (Å²) in [6.07, 6.45) is 2.39. The molecule has 2 amide bonds. The van der Waals surface area contributed by atoms with E-state index in [1.165, 1.54) is 11.3 Å². The first kappa shape index (κ1) is 18.9. The molecule has 0 aliphatic heterocycles. The van der Waals surface area contributed by atoms with E-state index in [0.717, 1.165) is 10.4 Å². The molecule has 0 fully saturated rings. The smallest absolute Gasteiger partial charge is 0.267 e. The molecule has 132 valence electrons. The van der Waals surface area contributed by atoms with Crippen molar-refractivity contribution in [3.8, 4) is 0 Å². The van der Waals surface area contributed by atoms with Crippen molar-refractivity contribution in [2.75, 3.05) is 20.3 Å². The summed E-state index contributed by atoms with van der Waals surface area (Å²) in [6.45, 7) is 3.01. The molecule has 25 heavy (non-hydrogen) atoms. The van der Waals surface area contributed by atoms with E-state index in [-0.39, 0.29) is 17.5 Å². The summed E-state index contributed by atoms with van der Waals surface area (Å²) in [5, 5.41) is 7.43. The normalized spacial score (nSPS) is 11.2. The van der Waals surface area contributed by atoms with E-state index in [0.29, 0.717) is 25.1 Å². The zero-order chi connectivity index (χ0) is 18.1. The first-order valence-electron chi connectivity index (χ1n) is 8.00. The lowest BCUT2D eigenvalue weighted by molar-refractivity contribution is -0.117. The van der Waals surface area contributed by atoms with E-state index in [1.807, 2.05) is 36.6 Å². The molecule has 5 nitrogen and oxygen atoms in total. The van der Waals surface area contributed by atoms with Crippen molar-refractivity contribution < 1.29 is 14.3 Å². The Bertz CT molecular complexity index is 722. The second-order valence-electron chi connectivity index (χ2n) is 5.50. The third kappa shape index (κ3) is 6.17. The molecule has 0 saturated heterocycles. The fourth-order valence-corrected chi connectivity index (χ4v) is 2.74. The molecule has 2 aromatic rings. The van der Waals surface area contributed by atoms with Crippen LogP contribution in [-0.2, 0) is 9.53 Å². The molecule has 0 aliphatic carbocycles. The summed E-state index contributed by atoms with van der Waals surface area (Å²) in [5.74, 6) is -0.625. The number of hydrogen-bond donors (Lipinski definition) is 2. The molecule has 0 radical (unpaired) electrons. The van der Waals surface area contributed by atoms with Crippen LogP contribution in [0.3, 0.4) is 0 Å². The average molecular weight is 358 g/mol. The van der Waals surface area contributed by atoms with Crippen molar-refractivity contribution in [2.45, 2.75) is 13.3 Å². The number of ether oxygens (including phenoxy) is 1. The highest BCUT2D eigenvalue weighted by Gasteiger charge is 2.14. The van der Waals surface area contributed by atoms with Crippen LogP contribution in [0.4, 0.5) is 0 Å². The Hall–Kier alpha value is -2.44. The first-order valence-corrected chi connectivity index (χ1v) is 8.88. The topological polar surface area (TPSA) is 67.4 Å². The number of benzene rings is 1. The van der Waals surface area contributed by atoms with Crippen molar-refractivity contribution in [1.82, 2.24) is 10.6 Å². The van der Waals surface area contributed by atoms with Crippen LogP contribution in [0.2, 0.25) is 0 Å². The number of nitrogens with one attached hydrogen (secondary N) is 2. The predicted molar refractivity (Wildman–Crippen MR) is 100 cm³/mol. The fraction of sp³-hybridized carbons (Fsp3) is 0.263. The van der Waals surface area contributed by atoms with Crippen LogP contribution in [0.15, 0.2) is 47.5 Å². The lowest BCUT2D eigenvalue weighted by Gasteiger charge is -2.11. The Morgan fingerprint density at radius 1 is 1.20 bits per heavy atom. The van der Waals surface area contributed by atoms with Gasteiger partial charge in [0.15, 0.2) is 0 Å². The van der Waals surface area contributed by atoms with Gasteiger partial charge in [0, 0.05) is 30.7 Å². The van der Waals surface area contributed by atoms with E-state index >= 15 is 0 Å². The van der Waals surface area contributed by atoms with Crippen molar-refractivity contribution in [1.29, 1.82) is 0 Å². The average Bonchev–Trinajstić information content (AvgIpc) is 3.11. The maximum absolute atomic E-state index is 12.4. The molecular weight excluding hydrogens is 336 g/mol. The van der Waals surface area contributed by atoms with Crippen LogP contribution in [0.1, 0.15) is 27.2 Å². The summed E-state index contributed by atoms with van der Waals surface area (Å²) in [5.41, 5.74) is 1.81. The number of thiophene rings is 1. The van der Waals surface area contributed by atoms with E-state index in [2.05, 4.69) is 10.6 Å². The van der Waals surface area contributed by atoms with Crippen LogP contribution >= 0.6 is 11.3 Å². The largest absolute Gasteiger partial charge is 0.385 e. The van der Waals surface area contributed by atoms with E-state index in [9.17, 15) is 9.59 Å². The molecule has 2 N–H and O–H groups in total. The molecule has 1 aromatic carbocycles. The highest BCUT2D eigenvalue weighted by molar-refractivity contribution is 7.10. The van der Waals surface area contributed by atoms with Gasteiger partial charge in [-0.05, 0) is 43.0 Å². The summed E-state index contributed by atoms with van der Waals surface area (Å²) in [7, 11) is 1.62. The SMILES string of the molecule is COCCCNC(=O)/C(=C/c1cccs1)NC(=O)c1ccc(C)cc1. The molecule has 0 bridgehead atoms. The third-order valence-electron chi connectivity index (χ3n) is 3.45. The minimum atomic E-state index is -0.315. The zero-order valence-corrected chi connectivity index (χ0v) is 15.2. The molecule has 1 heterocycles. The Morgan fingerprint density at radius 3 is 2.60 bits per heavy atom. The Kier molecular flexibility index (Phi) is 7.37. The second kappa shape index (κ2) is 9.76. The maximum atomic E-state index is 12.4. The minimum absolute atomic E-state index is 0.227. The molecular formula is C19H22N2O3S. The number of methoxy groups -OCH3 is 1. The van der Waals surface area contributed by atoms with Crippen LogP contribution < -0.4 is 10.6 Å². The highest BCUT2D eigenvalue weighted by Crippen LogP contribution is 2.13.